The minimum Gasteiger partial charge on any atom is -0.439 e. The lowest BCUT2D eigenvalue weighted by molar-refractivity contribution is 0.450. The van der Waals surface area contributed by atoms with Crippen LogP contribution in [0.15, 0.2) is 59.8 Å². The first-order valence-corrected chi connectivity index (χ1v) is 8.54. The molecule has 1 heterocycles. The van der Waals surface area contributed by atoms with Crippen LogP contribution in [0.3, 0.4) is 0 Å². The average Bonchev–Trinajstić information content (AvgIpc) is 2.52. The van der Waals surface area contributed by atoms with Crippen molar-refractivity contribution in [3.63, 3.8) is 0 Å². The number of aromatic nitrogens is 2. The summed E-state index contributed by atoms with van der Waals surface area (Å²) in [7, 11) is 0. The lowest BCUT2D eigenvalue weighted by atomic mass is 10.2. The first kappa shape index (κ1) is 16.5. The second kappa shape index (κ2) is 7.45. The molecule has 122 valence electrons. The van der Waals surface area contributed by atoms with E-state index in [1.165, 1.54) is 23.3 Å². The molecular weight excluding hydrogens is 323 g/mol. The molecule has 0 saturated heterocycles. The van der Waals surface area contributed by atoms with E-state index < -0.39 is 0 Å². The number of benzene rings is 2. The molecule has 1 aromatic heterocycles. The first-order valence-electron chi connectivity index (χ1n) is 7.56. The minimum atomic E-state index is -0.340. The Morgan fingerprint density at radius 2 is 1.83 bits per heavy atom. The fourth-order valence-corrected chi connectivity index (χ4v) is 3.07. The highest BCUT2D eigenvalue weighted by Crippen LogP contribution is 2.25. The second-order valence-corrected chi connectivity index (χ2v) is 6.41. The van der Waals surface area contributed by atoms with Crippen molar-refractivity contribution in [1.82, 2.24) is 9.97 Å². The standard InChI is InChI=1S/C19H17FN2OS/c1-13-5-3-6-15(9-13)12-24-19-21-14(2)10-18(22-19)23-17-8-4-7-16(20)11-17/h3-11H,12H2,1-2H3. The summed E-state index contributed by atoms with van der Waals surface area (Å²) >= 11 is 1.55. The van der Waals surface area contributed by atoms with E-state index in [4.69, 9.17) is 4.74 Å². The van der Waals surface area contributed by atoms with Crippen LogP contribution in [0.2, 0.25) is 0 Å². The van der Waals surface area contributed by atoms with Crippen molar-refractivity contribution in [3.8, 4) is 11.6 Å². The number of hydrogen-bond acceptors (Lipinski definition) is 4. The summed E-state index contributed by atoms with van der Waals surface area (Å²) in [6.45, 7) is 3.96. The van der Waals surface area contributed by atoms with Crippen molar-refractivity contribution in [1.29, 1.82) is 0 Å². The van der Waals surface area contributed by atoms with Gasteiger partial charge >= 0.3 is 0 Å². The molecule has 0 unspecified atom stereocenters. The van der Waals surface area contributed by atoms with E-state index in [-0.39, 0.29) is 5.82 Å². The molecule has 24 heavy (non-hydrogen) atoms. The Labute approximate surface area is 144 Å². The maximum absolute atomic E-state index is 13.3. The summed E-state index contributed by atoms with van der Waals surface area (Å²) in [5.41, 5.74) is 3.26. The van der Waals surface area contributed by atoms with E-state index in [0.717, 1.165) is 11.4 Å². The molecule has 3 aromatic rings. The van der Waals surface area contributed by atoms with E-state index in [1.807, 2.05) is 13.0 Å². The highest BCUT2D eigenvalue weighted by molar-refractivity contribution is 7.98. The summed E-state index contributed by atoms with van der Waals surface area (Å²) in [5, 5.41) is 0.642. The summed E-state index contributed by atoms with van der Waals surface area (Å²) in [6.07, 6.45) is 0. The third kappa shape index (κ3) is 4.55. The Morgan fingerprint density at radius 3 is 2.62 bits per heavy atom. The molecule has 0 bridgehead atoms. The van der Waals surface area contributed by atoms with Crippen LogP contribution >= 0.6 is 11.8 Å². The molecule has 0 radical (unpaired) electrons. The summed E-state index contributed by atoms with van der Waals surface area (Å²) in [6, 6.07) is 16.1. The van der Waals surface area contributed by atoms with Crippen LogP contribution in [0.25, 0.3) is 0 Å². The maximum atomic E-state index is 13.3. The van der Waals surface area contributed by atoms with E-state index >= 15 is 0 Å². The van der Waals surface area contributed by atoms with Crippen LogP contribution in [0.1, 0.15) is 16.8 Å². The van der Waals surface area contributed by atoms with Crippen LogP contribution in [0.5, 0.6) is 11.6 Å². The Hall–Kier alpha value is -2.40. The van der Waals surface area contributed by atoms with Gasteiger partial charge in [0.15, 0.2) is 5.16 Å². The summed E-state index contributed by atoms with van der Waals surface area (Å²) < 4.78 is 18.9. The fraction of sp³-hybridized carbons (Fsp3) is 0.158. The highest BCUT2D eigenvalue weighted by Gasteiger charge is 2.07. The molecule has 3 rings (SSSR count). The van der Waals surface area contributed by atoms with Crippen LogP contribution in [0, 0.1) is 19.7 Å². The molecule has 0 spiro atoms. The Bertz CT molecular complexity index is 854. The predicted molar refractivity (Wildman–Crippen MR) is 94.0 cm³/mol. The summed E-state index contributed by atoms with van der Waals surface area (Å²) in [4.78, 5) is 8.83. The lowest BCUT2D eigenvalue weighted by Gasteiger charge is -2.08. The Balaban J connectivity index is 1.73. The Kier molecular flexibility index (Phi) is 5.11. The van der Waals surface area contributed by atoms with Gasteiger partial charge in [0.1, 0.15) is 11.6 Å². The van der Waals surface area contributed by atoms with Gasteiger partial charge in [0.2, 0.25) is 5.88 Å². The van der Waals surface area contributed by atoms with Crippen LogP contribution in [0.4, 0.5) is 4.39 Å². The van der Waals surface area contributed by atoms with Crippen molar-refractivity contribution >= 4 is 11.8 Å². The van der Waals surface area contributed by atoms with Gasteiger partial charge in [-0.25, -0.2) is 9.37 Å². The normalized spacial score (nSPS) is 10.6. The van der Waals surface area contributed by atoms with Crippen molar-refractivity contribution in [2.45, 2.75) is 24.8 Å². The molecule has 5 heteroatoms. The minimum absolute atomic E-state index is 0.340. The molecule has 0 aliphatic carbocycles. The maximum Gasteiger partial charge on any atom is 0.223 e. The fourth-order valence-electron chi connectivity index (χ4n) is 2.23. The van der Waals surface area contributed by atoms with E-state index in [2.05, 4.69) is 35.1 Å². The first-order chi connectivity index (χ1) is 11.6. The van der Waals surface area contributed by atoms with Gasteiger partial charge < -0.3 is 4.74 Å². The molecule has 0 N–H and O–H groups in total. The largest absolute Gasteiger partial charge is 0.439 e. The van der Waals surface area contributed by atoms with Crippen LogP contribution < -0.4 is 4.74 Å². The van der Waals surface area contributed by atoms with Crippen molar-refractivity contribution in [2.24, 2.45) is 0 Å². The SMILES string of the molecule is Cc1cccc(CSc2nc(C)cc(Oc3cccc(F)c3)n2)c1. The Morgan fingerprint density at radius 1 is 1.00 bits per heavy atom. The van der Waals surface area contributed by atoms with E-state index in [1.54, 1.807) is 30.0 Å². The third-order valence-corrected chi connectivity index (χ3v) is 4.20. The second-order valence-electron chi connectivity index (χ2n) is 5.47. The van der Waals surface area contributed by atoms with Gasteiger partial charge in [-0.1, -0.05) is 47.7 Å². The molecule has 0 aliphatic heterocycles. The zero-order chi connectivity index (χ0) is 16.9. The van der Waals surface area contributed by atoms with Crippen LogP contribution in [-0.4, -0.2) is 9.97 Å². The number of aryl methyl sites for hydroxylation is 2. The van der Waals surface area contributed by atoms with Gasteiger partial charge in [-0.05, 0) is 31.5 Å². The number of nitrogens with zero attached hydrogens (tertiary/aromatic N) is 2. The number of thioether (sulfide) groups is 1. The van der Waals surface area contributed by atoms with E-state index in [9.17, 15) is 4.39 Å². The molecule has 0 fully saturated rings. The van der Waals surface area contributed by atoms with Gasteiger partial charge in [0.05, 0.1) is 0 Å². The lowest BCUT2D eigenvalue weighted by Crippen LogP contribution is -1.95. The smallest absolute Gasteiger partial charge is 0.223 e. The molecule has 3 nitrogen and oxygen atoms in total. The highest BCUT2D eigenvalue weighted by atomic mass is 32.2. The van der Waals surface area contributed by atoms with Crippen molar-refractivity contribution < 1.29 is 9.13 Å². The van der Waals surface area contributed by atoms with Gasteiger partial charge in [0.25, 0.3) is 0 Å². The molecule has 0 atom stereocenters. The number of halogens is 1. The van der Waals surface area contributed by atoms with Crippen molar-refractivity contribution in [2.75, 3.05) is 0 Å². The van der Waals surface area contributed by atoms with Crippen molar-refractivity contribution in [3.05, 3.63) is 77.2 Å². The summed E-state index contributed by atoms with van der Waals surface area (Å²) in [5.74, 6) is 1.28. The third-order valence-electron chi connectivity index (χ3n) is 3.28. The van der Waals surface area contributed by atoms with Gasteiger partial charge in [-0.2, -0.15) is 4.98 Å². The topological polar surface area (TPSA) is 35.0 Å². The number of rotatable bonds is 5. The van der Waals surface area contributed by atoms with Gasteiger partial charge in [-0.3, -0.25) is 0 Å². The zero-order valence-corrected chi connectivity index (χ0v) is 14.3. The predicted octanol–water partition coefficient (Wildman–Crippen LogP) is 5.32. The average molecular weight is 340 g/mol. The van der Waals surface area contributed by atoms with E-state index in [0.29, 0.717) is 16.8 Å². The van der Waals surface area contributed by atoms with Gasteiger partial charge in [-0.15, -0.1) is 0 Å². The molecular formula is C19H17FN2OS. The quantitative estimate of drug-likeness (QED) is 0.465. The molecule has 0 aliphatic rings. The number of ether oxygens (including phenoxy) is 1. The molecule has 0 saturated carbocycles. The monoisotopic (exact) mass is 340 g/mol. The number of hydrogen-bond donors (Lipinski definition) is 0. The molecule has 0 amide bonds. The van der Waals surface area contributed by atoms with Crippen LogP contribution in [-0.2, 0) is 5.75 Å². The molecule has 2 aromatic carbocycles. The van der Waals surface area contributed by atoms with Gasteiger partial charge in [0, 0.05) is 23.6 Å². The zero-order valence-electron chi connectivity index (χ0n) is 13.5.